The molecule has 3 aromatic rings. The Labute approximate surface area is 155 Å². The molecule has 0 radical (unpaired) electrons. The number of benzene rings is 2. The summed E-state index contributed by atoms with van der Waals surface area (Å²) in [6.45, 7) is 1.90. The Bertz CT molecular complexity index is 801. The molecule has 3 rings (SSSR count). The van der Waals surface area contributed by atoms with E-state index in [9.17, 15) is 4.79 Å². The highest BCUT2D eigenvalue weighted by atomic mass is 79.9. The number of nitrogens with one attached hydrogen (secondary N) is 1. The molecule has 0 saturated carbocycles. The summed E-state index contributed by atoms with van der Waals surface area (Å²) in [5.74, 6) is 0.782. The predicted molar refractivity (Wildman–Crippen MR) is 101 cm³/mol. The number of rotatable bonds is 6. The summed E-state index contributed by atoms with van der Waals surface area (Å²) in [4.78, 5) is 12.5. The second kappa shape index (κ2) is 8.14. The monoisotopic (exact) mass is 399 g/mol. The maximum absolute atomic E-state index is 12.5. The van der Waals surface area contributed by atoms with Gasteiger partial charge in [0, 0.05) is 15.7 Å². The molecule has 2 aromatic carbocycles. The summed E-state index contributed by atoms with van der Waals surface area (Å²) in [7, 11) is 0. The predicted octanol–water partition coefficient (Wildman–Crippen LogP) is 3.72. The number of furan rings is 1. The van der Waals surface area contributed by atoms with Gasteiger partial charge in [0.2, 0.25) is 0 Å². The van der Waals surface area contributed by atoms with Gasteiger partial charge in [0.05, 0.1) is 6.26 Å². The molecule has 0 fully saturated rings. The number of amides is 1. The van der Waals surface area contributed by atoms with Crippen LogP contribution in [-0.4, -0.2) is 11.9 Å². The van der Waals surface area contributed by atoms with Gasteiger partial charge in [-0.15, -0.1) is 0 Å². The molecule has 0 aliphatic heterocycles. The van der Waals surface area contributed by atoms with Crippen LogP contribution in [0.4, 0.5) is 5.69 Å². The molecule has 1 heterocycles. The van der Waals surface area contributed by atoms with Crippen LogP contribution in [0.2, 0.25) is 0 Å². The van der Waals surface area contributed by atoms with Crippen LogP contribution < -0.4 is 10.6 Å². The smallest absolute Gasteiger partial charge is 0.282 e. The fraction of sp³-hybridized carbons (Fsp3) is 0.150. The highest BCUT2D eigenvalue weighted by Gasteiger charge is 2.26. The molecule has 3 N–H and O–H groups in total. The average Bonchev–Trinajstić information content (AvgIpc) is 3.16. The Kier molecular flexibility index (Phi) is 5.68. The van der Waals surface area contributed by atoms with E-state index in [1.165, 1.54) is 0 Å². The van der Waals surface area contributed by atoms with E-state index in [2.05, 4.69) is 21.2 Å². The Morgan fingerprint density at radius 2 is 1.76 bits per heavy atom. The summed E-state index contributed by atoms with van der Waals surface area (Å²) < 4.78 is 6.57. The van der Waals surface area contributed by atoms with Gasteiger partial charge in [0.15, 0.2) is 17.8 Å². The Morgan fingerprint density at radius 1 is 1.04 bits per heavy atom. The van der Waals surface area contributed by atoms with Crippen LogP contribution >= 0.6 is 15.9 Å². The summed E-state index contributed by atoms with van der Waals surface area (Å²) in [6.07, 6.45) is 1.66. The van der Waals surface area contributed by atoms with Gasteiger partial charge >= 0.3 is 0 Å². The van der Waals surface area contributed by atoms with E-state index < -0.39 is 0 Å². The van der Waals surface area contributed by atoms with Crippen molar-refractivity contribution in [3.05, 3.63) is 88.8 Å². The number of nitrogens with two attached hydrogens (primary N) is 1. The number of hydrogen-bond donors (Lipinski definition) is 2. The van der Waals surface area contributed by atoms with E-state index in [4.69, 9.17) is 4.42 Å². The molecule has 0 aliphatic rings. The van der Waals surface area contributed by atoms with Gasteiger partial charge in [-0.3, -0.25) is 4.79 Å². The van der Waals surface area contributed by atoms with Gasteiger partial charge in [-0.1, -0.05) is 46.3 Å². The minimum absolute atomic E-state index is 0.0465. The van der Waals surface area contributed by atoms with Crippen molar-refractivity contribution in [2.45, 2.75) is 19.0 Å². The van der Waals surface area contributed by atoms with Crippen molar-refractivity contribution < 1.29 is 14.5 Å². The van der Waals surface area contributed by atoms with E-state index in [0.29, 0.717) is 0 Å². The van der Waals surface area contributed by atoms with E-state index in [-0.39, 0.29) is 18.0 Å². The van der Waals surface area contributed by atoms with Crippen molar-refractivity contribution >= 4 is 27.5 Å². The van der Waals surface area contributed by atoms with Crippen LogP contribution in [0.3, 0.4) is 0 Å². The maximum atomic E-state index is 12.5. The number of anilines is 1. The van der Waals surface area contributed by atoms with E-state index >= 15 is 0 Å². The molecule has 4 nitrogen and oxygen atoms in total. The lowest BCUT2D eigenvalue weighted by Crippen LogP contribution is -2.92. The topological polar surface area (TPSA) is 58.9 Å². The lowest BCUT2D eigenvalue weighted by Gasteiger charge is -2.18. The minimum Gasteiger partial charge on any atom is -0.463 e. The van der Waals surface area contributed by atoms with Gasteiger partial charge in [-0.25, -0.2) is 0 Å². The molecule has 5 heteroatoms. The first-order valence-electron chi connectivity index (χ1n) is 8.13. The molecule has 0 aliphatic carbocycles. The van der Waals surface area contributed by atoms with Crippen LogP contribution in [0.15, 0.2) is 81.9 Å². The van der Waals surface area contributed by atoms with E-state index in [1.807, 2.05) is 79.0 Å². The van der Waals surface area contributed by atoms with Crippen molar-refractivity contribution in [1.82, 2.24) is 0 Å². The van der Waals surface area contributed by atoms with Crippen LogP contribution in [0.1, 0.15) is 24.3 Å². The molecule has 1 amide bonds. The van der Waals surface area contributed by atoms with E-state index in [1.54, 1.807) is 6.26 Å². The molecular weight excluding hydrogens is 380 g/mol. The Morgan fingerprint density at radius 3 is 2.40 bits per heavy atom. The molecule has 0 saturated heterocycles. The standard InChI is InChI=1S/C20H19BrN2O2/c1-14(20(24)23-17-11-9-16(21)10-12-17)22-19(18-8-5-13-25-18)15-6-3-2-4-7-15/h2-14,19,22H,1H3,(H,23,24)/p+1/t14-,19-/m0/s1. The van der Waals surface area contributed by atoms with Crippen molar-refractivity contribution in [3.8, 4) is 0 Å². The van der Waals surface area contributed by atoms with Crippen LogP contribution in [0, 0.1) is 0 Å². The third-order valence-corrected chi connectivity index (χ3v) is 4.54. The summed E-state index contributed by atoms with van der Waals surface area (Å²) in [6, 6.07) is 21.1. The highest BCUT2D eigenvalue weighted by molar-refractivity contribution is 9.10. The van der Waals surface area contributed by atoms with Crippen molar-refractivity contribution in [1.29, 1.82) is 0 Å². The zero-order valence-corrected chi connectivity index (χ0v) is 15.4. The van der Waals surface area contributed by atoms with Crippen LogP contribution in [0.5, 0.6) is 0 Å². The van der Waals surface area contributed by atoms with Crippen molar-refractivity contribution in [2.24, 2.45) is 0 Å². The quantitative estimate of drug-likeness (QED) is 0.663. The summed E-state index contributed by atoms with van der Waals surface area (Å²) >= 11 is 3.39. The maximum Gasteiger partial charge on any atom is 0.282 e. The molecule has 1 aromatic heterocycles. The zero-order chi connectivity index (χ0) is 17.6. The molecule has 2 atom stereocenters. The minimum atomic E-state index is -0.279. The number of carbonyl (C=O) groups is 1. The molecule has 0 unspecified atom stereocenters. The van der Waals surface area contributed by atoms with Gasteiger partial charge in [0.25, 0.3) is 5.91 Å². The number of hydrogen-bond acceptors (Lipinski definition) is 2. The first-order chi connectivity index (χ1) is 12.1. The normalized spacial score (nSPS) is 13.2. The third kappa shape index (κ3) is 4.59. The van der Waals surface area contributed by atoms with Crippen molar-refractivity contribution in [3.63, 3.8) is 0 Å². The van der Waals surface area contributed by atoms with Gasteiger partial charge in [-0.05, 0) is 43.3 Å². The first-order valence-corrected chi connectivity index (χ1v) is 8.92. The van der Waals surface area contributed by atoms with Gasteiger partial charge in [0.1, 0.15) is 0 Å². The highest BCUT2D eigenvalue weighted by Crippen LogP contribution is 2.19. The molecular formula is C20H20BrN2O2+. The van der Waals surface area contributed by atoms with Gasteiger partial charge in [-0.2, -0.15) is 0 Å². The second-order valence-corrected chi connectivity index (χ2v) is 6.80. The Balaban J connectivity index is 1.72. The number of carbonyl (C=O) groups excluding carboxylic acids is 1. The lowest BCUT2D eigenvalue weighted by molar-refractivity contribution is -0.706. The summed E-state index contributed by atoms with van der Waals surface area (Å²) in [5.41, 5.74) is 1.88. The van der Waals surface area contributed by atoms with Crippen LogP contribution in [0.25, 0.3) is 0 Å². The lowest BCUT2D eigenvalue weighted by atomic mass is 10.0. The summed E-state index contributed by atoms with van der Waals surface area (Å²) in [5, 5.41) is 4.97. The SMILES string of the molecule is C[C@H]([NH2+][C@@H](c1ccccc1)c1ccco1)C(=O)Nc1ccc(Br)cc1. The van der Waals surface area contributed by atoms with Gasteiger partial charge < -0.3 is 15.1 Å². The second-order valence-electron chi connectivity index (χ2n) is 5.88. The fourth-order valence-electron chi connectivity index (χ4n) is 2.66. The number of halogens is 1. The number of quaternary nitrogens is 1. The zero-order valence-electron chi connectivity index (χ0n) is 13.9. The molecule has 0 bridgehead atoms. The largest absolute Gasteiger partial charge is 0.463 e. The van der Waals surface area contributed by atoms with E-state index in [0.717, 1.165) is 21.5 Å². The van der Waals surface area contributed by atoms with Crippen LogP contribution in [-0.2, 0) is 4.79 Å². The molecule has 25 heavy (non-hydrogen) atoms. The Hall–Kier alpha value is -2.37. The fourth-order valence-corrected chi connectivity index (χ4v) is 2.93. The first kappa shape index (κ1) is 17.5. The molecule has 0 spiro atoms. The van der Waals surface area contributed by atoms with Crippen molar-refractivity contribution in [2.75, 3.05) is 5.32 Å². The third-order valence-electron chi connectivity index (χ3n) is 4.01. The average molecular weight is 400 g/mol. The molecule has 128 valence electrons.